The fraction of sp³-hybridized carbons (Fsp3) is 0.294. The van der Waals surface area contributed by atoms with E-state index in [2.05, 4.69) is 20.4 Å². The molecule has 1 aliphatic rings. The first-order valence-electron chi connectivity index (χ1n) is 8.01. The van der Waals surface area contributed by atoms with Crippen LogP contribution in [-0.2, 0) is 6.54 Å². The SMILES string of the molecule is O=C(NCc1nc(-c2cccc(Cl)c2)no1)c1coc(C2CCC2)n1. The largest absolute Gasteiger partial charge is 0.448 e. The van der Waals surface area contributed by atoms with Crippen molar-refractivity contribution in [3.8, 4) is 11.4 Å². The number of carbonyl (C=O) groups excluding carboxylic acids is 1. The zero-order valence-corrected chi connectivity index (χ0v) is 14.0. The van der Waals surface area contributed by atoms with E-state index in [4.69, 9.17) is 20.5 Å². The van der Waals surface area contributed by atoms with Gasteiger partial charge >= 0.3 is 0 Å². The van der Waals surface area contributed by atoms with Gasteiger partial charge in [-0.15, -0.1) is 0 Å². The van der Waals surface area contributed by atoms with Gasteiger partial charge in [-0.2, -0.15) is 4.98 Å². The lowest BCUT2D eigenvalue weighted by molar-refractivity contribution is 0.0941. The second-order valence-electron chi connectivity index (χ2n) is 5.90. The fourth-order valence-corrected chi connectivity index (χ4v) is 2.74. The quantitative estimate of drug-likeness (QED) is 0.749. The molecule has 1 aromatic carbocycles. The number of carbonyl (C=O) groups is 1. The predicted octanol–water partition coefficient (Wildman–Crippen LogP) is 3.58. The Bertz CT molecular complexity index is 901. The average molecular weight is 359 g/mol. The van der Waals surface area contributed by atoms with Gasteiger partial charge in [0.05, 0.1) is 6.54 Å². The van der Waals surface area contributed by atoms with Gasteiger partial charge in [-0.05, 0) is 25.0 Å². The van der Waals surface area contributed by atoms with Crippen molar-refractivity contribution in [3.05, 3.63) is 53.0 Å². The Morgan fingerprint density at radius 1 is 1.32 bits per heavy atom. The van der Waals surface area contributed by atoms with E-state index in [1.165, 1.54) is 12.7 Å². The number of hydrogen-bond acceptors (Lipinski definition) is 6. The van der Waals surface area contributed by atoms with E-state index in [0.29, 0.717) is 28.5 Å². The van der Waals surface area contributed by atoms with Crippen molar-refractivity contribution in [1.29, 1.82) is 0 Å². The van der Waals surface area contributed by atoms with Gasteiger partial charge in [-0.25, -0.2) is 4.98 Å². The highest BCUT2D eigenvalue weighted by molar-refractivity contribution is 6.30. The van der Waals surface area contributed by atoms with Gasteiger partial charge in [-0.3, -0.25) is 4.79 Å². The van der Waals surface area contributed by atoms with Crippen LogP contribution in [-0.4, -0.2) is 21.0 Å². The molecule has 0 aliphatic heterocycles. The molecule has 0 unspecified atom stereocenters. The molecular formula is C17H15ClN4O3. The fourth-order valence-electron chi connectivity index (χ4n) is 2.55. The van der Waals surface area contributed by atoms with Crippen molar-refractivity contribution < 1.29 is 13.7 Å². The van der Waals surface area contributed by atoms with Gasteiger partial charge < -0.3 is 14.3 Å². The first-order valence-corrected chi connectivity index (χ1v) is 8.39. The Morgan fingerprint density at radius 3 is 2.96 bits per heavy atom. The third-order valence-corrected chi connectivity index (χ3v) is 4.40. The summed E-state index contributed by atoms with van der Waals surface area (Å²) < 4.78 is 10.5. The Kier molecular flexibility index (Phi) is 4.23. The molecule has 128 valence electrons. The number of nitrogens with one attached hydrogen (secondary N) is 1. The molecule has 2 heterocycles. The lowest BCUT2D eigenvalue weighted by Crippen LogP contribution is -2.23. The number of benzene rings is 1. The summed E-state index contributed by atoms with van der Waals surface area (Å²) in [6.45, 7) is 0.109. The van der Waals surface area contributed by atoms with Crippen LogP contribution in [0, 0.1) is 0 Å². The van der Waals surface area contributed by atoms with E-state index in [9.17, 15) is 4.79 Å². The van der Waals surface area contributed by atoms with Gasteiger partial charge in [0.1, 0.15) is 6.26 Å². The summed E-state index contributed by atoms with van der Waals surface area (Å²) in [7, 11) is 0. The van der Waals surface area contributed by atoms with E-state index in [1.807, 2.05) is 6.07 Å². The van der Waals surface area contributed by atoms with Crippen LogP contribution in [0.5, 0.6) is 0 Å². The summed E-state index contributed by atoms with van der Waals surface area (Å²) in [5, 5.41) is 7.18. The second-order valence-corrected chi connectivity index (χ2v) is 6.34. The van der Waals surface area contributed by atoms with E-state index < -0.39 is 0 Å². The molecule has 1 amide bonds. The Morgan fingerprint density at radius 2 is 2.20 bits per heavy atom. The van der Waals surface area contributed by atoms with Crippen LogP contribution in [0.1, 0.15) is 47.5 Å². The van der Waals surface area contributed by atoms with Gasteiger partial charge in [0, 0.05) is 16.5 Å². The van der Waals surface area contributed by atoms with Crippen LogP contribution < -0.4 is 5.32 Å². The number of oxazole rings is 1. The normalized spacial score (nSPS) is 14.3. The zero-order chi connectivity index (χ0) is 17.2. The molecule has 2 aromatic heterocycles. The van der Waals surface area contributed by atoms with Crippen molar-refractivity contribution in [2.24, 2.45) is 0 Å². The van der Waals surface area contributed by atoms with E-state index >= 15 is 0 Å². The average Bonchev–Trinajstić information content (AvgIpc) is 3.21. The molecule has 0 saturated heterocycles. The Labute approximate surface area is 148 Å². The summed E-state index contributed by atoms with van der Waals surface area (Å²) >= 11 is 5.95. The zero-order valence-electron chi connectivity index (χ0n) is 13.2. The maximum atomic E-state index is 12.1. The van der Waals surface area contributed by atoms with Crippen LogP contribution in [0.25, 0.3) is 11.4 Å². The third kappa shape index (κ3) is 3.41. The van der Waals surface area contributed by atoms with E-state index in [-0.39, 0.29) is 18.1 Å². The maximum Gasteiger partial charge on any atom is 0.273 e. The maximum absolute atomic E-state index is 12.1. The molecule has 1 fully saturated rings. The number of nitrogens with zero attached hydrogens (tertiary/aromatic N) is 3. The summed E-state index contributed by atoms with van der Waals surface area (Å²) in [6.07, 6.45) is 4.70. The van der Waals surface area contributed by atoms with Crippen LogP contribution in [0.3, 0.4) is 0 Å². The number of halogens is 1. The molecule has 8 heteroatoms. The lowest BCUT2D eigenvalue weighted by Gasteiger charge is -2.21. The summed E-state index contributed by atoms with van der Waals surface area (Å²) in [5.41, 5.74) is 1.01. The molecule has 0 atom stereocenters. The van der Waals surface area contributed by atoms with Gasteiger partial charge in [-0.1, -0.05) is 35.3 Å². The van der Waals surface area contributed by atoms with Gasteiger partial charge in [0.15, 0.2) is 11.6 Å². The number of aromatic nitrogens is 3. The van der Waals surface area contributed by atoms with Crippen molar-refractivity contribution in [2.45, 2.75) is 31.7 Å². The van der Waals surface area contributed by atoms with E-state index in [1.54, 1.807) is 18.2 Å². The Hall–Kier alpha value is -2.67. The first kappa shape index (κ1) is 15.8. The van der Waals surface area contributed by atoms with Crippen molar-refractivity contribution in [1.82, 2.24) is 20.4 Å². The second kappa shape index (κ2) is 6.68. The topological polar surface area (TPSA) is 94.1 Å². The molecule has 0 bridgehead atoms. The van der Waals surface area contributed by atoms with Crippen molar-refractivity contribution >= 4 is 17.5 Å². The predicted molar refractivity (Wildman–Crippen MR) is 89.0 cm³/mol. The molecule has 4 rings (SSSR count). The molecule has 7 nitrogen and oxygen atoms in total. The van der Waals surface area contributed by atoms with Crippen molar-refractivity contribution in [3.63, 3.8) is 0 Å². The number of amides is 1. The minimum atomic E-state index is -0.336. The van der Waals surface area contributed by atoms with Crippen LogP contribution in [0.4, 0.5) is 0 Å². The molecule has 3 aromatic rings. The molecule has 1 N–H and O–H groups in total. The molecule has 25 heavy (non-hydrogen) atoms. The van der Waals surface area contributed by atoms with Gasteiger partial charge in [0.25, 0.3) is 5.91 Å². The van der Waals surface area contributed by atoms with Crippen molar-refractivity contribution in [2.75, 3.05) is 0 Å². The Balaban J connectivity index is 1.38. The number of rotatable bonds is 5. The smallest absolute Gasteiger partial charge is 0.273 e. The summed E-state index contributed by atoms with van der Waals surface area (Å²) in [5.74, 6) is 1.36. The summed E-state index contributed by atoms with van der Waals surface area (Å²) in [6, 6.07) is 7.14. The standard InChI is InChI=1S/C17H15ClN4O3/c18-12-6-2-5-11(7-12)15-21-14(25-22-15)8-19-16(23)13-9-24-17(20-13)10-3-1-4-10/h2,5-7,9-10H,1,3-4,8H2,(H,19,23). The molecule has 1 aliphatic carbocycles. The van der Waals surface area contributed by atoms with Gasteiger partial charge in [0.2, 0.25) is 11.7 Å². The molecular weight excluding hydrogens is 344 g/mol. The van der Waals surface area contributed by atoms with Crippen LogP contribution >= 0.6 is 11.6 Å². The monoisotopic (exact) mass is 358 g/mol. The number of hydrogen-bond donors (Lipinski definition) is 1. The van der Waals surface area contributed by atoms with Crippen LogP contribution in [0.15, 0.2) is 39.5 Å². The minimum absolute atomic E-state index is 0.109. The highest BCUT2D eigenvalue weighted by Gasteiger charge is 2.25. The third-order valence-electron chi connectivity index (χ3n) is 4.16. The minimum Gasteiger partial charge on any atom is -0.448 e. The highest BCUT2D eigenvalue weighted by atomic mass is 35.5. The molecule has 0 spiro atoms. The highest BCUT2D eigenvalue weighted by Crippen LogP contribution is 2.35. The van der Waals surface area contributed by atoms with E-state index in [0.717, 1.165) is 18.4 Å². The first-order chi connectivity index (χ1) is 12.2. The molecule has 0 radical (unpaired) electrons. The molecule has 1 saturated carbocycles. The van der Waals surface area contributed by atoms with Crippen LogP contribution in [0.2, 0.25) is 5.02 Å². The summed E-state index contributed by atoms with van der Waals surface area (Å²) in [4.78, 5) is 20.6. The lowest BCUT2D eigenvalue weighted by atomic mass is 9.85.